The number of aryl methyl sites for hydroxylation is 1. The number of nitrogens with zero attached hydrogens (tertiary/aromatic N) is 1. The molecule has 1 aromatic carbocycles. The van der Waals surface area contributed by atoms with Crippen molar-refractivity contribution in [1.82, 2.24) is 10.3 Å². The summed E-state index contributed by atoms with van der Waals surface area (Å²) in [4.78, 5) is 27.9. The molecule has 0 spiro atoms. The third kappa shape index (κ3) is 3.38. The second kappa shape index (κ2) is 6.36. The first-order valence-electron chi connectivity index (χ1n) is 6.18. The zero-order chi connectivity index (χ0) is 15.4. The van der Waals surface area contributed by atoms with Crippen LogP contribution in [0.2, 0.25) is 0 Å². The Kier molecular flexibility index (Phi) is 4.54. The second-order valence-electron chi connectivity index (χ2n) is 4.20. The van der Waals surface area contributed by atoms with Gasteiger partial charge in [-0.2, -0.15) is 0 Å². The summed E-state index contributed by atoms with van der Waals surface area (Å²) < 4.78 is 5.19. The number of thiazole rings is 1. The van der Waals surface area contributed by atoms with Gasteiger partial charge in [0.2, 0.25) is 0 Å². The summed E-state index contributed by atoms with van der Waals surface area (Å²) in [7, 11) is 3.04. The molecule has 0 saturated heterocycles. The quantitative estimate of drug-likeness (QED) is 0.906. The van der Waals surface area contributed by atoms with Crippen molar-refractivity contribution in [1.29, 1.82) is 0 Å². The summed E-state index contributed by atoms with van der Waals surface area (Å²) >= 11 is 1.40. The van der Waals surface area contributed by atoms with E-state index < -0.39 is 0 Å². The van der Waals surface area contributed by atoms with Crippen LogP contribution in [0.25, 0.3) is 0 Å². The molecule has 2 aromatic rings. The van der Waals surface area contributed by atoms with Gasteiger partial charge in [0.25, 0.3) is 11.8 Å². The zero-order valence-electron chi connectivity index (χ0n) is 11.9. The van der Waals surface area contributed by atoms with Gasteiger partial charge in [0.05, 0.1) is 17.8 Å². The van der Waals surface area contributed by atoms with Crippen molar-refractivity contribution in [3.8, 4) is 5.75 Å². The summed E-state index contributed by atoms with van der Waals surface area (Å²) in [6, 6.07) is 4.82. The molecule has 0 aliphatic rings. The van der Waals surface area contributed by atoms with Crippen LogP contribution in [0.1, 0.15) is 25.9 Å². The Morgan fingerprint density at radius 2 is 2.05 bits per heavy atom. The predicted octanol–water partition coefficient (Wildman–Crippen LogP) is 2.07. The van der Waals surface area contributed by atoms with Gasteiger partial charge in [-0.15, -0.1) is 11.3 Å². The van der Waals surface area contributed by atoms with Crippen LogP contribution in [-0.4, -0.2) is 31.0 Å². The number of rotatable bonds is 4. The van der Waals surface area contributed by atoms with Crippen LogP contribution in [0.4, 0.5) is 5.69 Å². The maximum Gasteiger partial charge on any atom is 0.275 e. The highest BCUT2D eigenvalue weighted by atomic mass is 32.1. The number of hydrogen-bond acceptors (Lipinski definition) is 5. The summed E-state index contributed by atoms with van der Waals surface area (Å²) in [6.45, 7) is 1.83. The SMILES string of the molecule is CNC(=O)c1ccc(OC)c(NC(=O)c2csc(C)n2)c1. The van der Waals surface area contributed by atoms with Crippen molar-refractivity contribution in [2.75, 3.05) is 19.5 Å². The molecule has 2 amide bonds. The first kappa shape index (κ1) is 15.0. The Bertz CT molecular complexity index is 682. The molecule has 6 nitrogen and oxygen atoms in total. The van der Waals surface area contributed by atoms with E-state index in [2.05, 4.69) is 15.6 Å². The molecule has 0 radical (unpaired) electrons. The molecule has 0 unspecified atom stereocenters. The van der Waals surface area contributed by atoms with Crippen molar-refractivity contribution in [2.45, 2.75) is 6.92 Å². The number of amides is 2. The lowest BCUT2D eigenvalue weighted by atomic mass is 10.1. The average Bonchev–Trinajstić information content (AvgIpc) is 2.93. The Hall–Kier alpha value is -2.41. The highest BCUT2D eigenvalue weighted by Crippen LogP contribution is 2.26. The van der Waals surface area contributed by atoms with Crippen molar-refractivity contribution >= 4 is 28.8 Å². The van der Waals surface area contributed by atoms with Crippen molar-refractivity contribution in [3.05, 3.63) is 39.8 Å². The zero-order valence-corrected chi connectivity index (χ0v) is 12.7. The van der Waals surface area contributed by atoms with Crippen LogP contribution >= 0.6 is 11.3 Å². The van der Waals surface area contributed by atoms with Gasteiger partial charge in [0.1, 0.15) is 11.4 Å². The van der Waals surface area contributed by atoms with E-state index in [-0.39, 0.29) is 11.8 Å². The van der Waals surface area contributed by atoms with Gasteiger partial charge in [0, 0.05) is 18.0 Å². The largest absolute Gasteiger partial charge is 0.495 e. The van der Waals surface area contributed by atoms with E-state index in [0.29, 0.717) is 22.7 Å². The number of hydrogen-bond donors (Lipinski definition) is 2. The average molecular weight is 305 g/mol. The number of aromatic nitrogens is 1. The van der Waals surface area contributed by atoms with Crippen LogP contribution in [0.3, 0.4) is 0 Å². The molecule has 110 valence electrons. The minimum absolute atomic E-state index is 0.238. The highest BCUT2D eigenvalue weighted by Gasteiger charge is 2.14. The molecule has 1 heterocycles. The van der Waals surface area contributed by atoms with Gasteiger partial charge in [-0.25, -0.2) is 4.98 Å². The smallest absolute Gasteiger partial charge is 0.275 e. The van der Waals surface area contributed by atoms with Gasteiger partial charge < -0.3 is 15.4 Å². The van der Waals surface area contributed by atoms with E-state index in [1.807, 2.05) is 6.92 Å². The summed E-state index contributed by atoms with van der Waals surface area (Å²) in [5, 5.41) is 7.73. The molecule has 0 aliphatic heterocycles. The number of anilines is 1. The number of benzene rings is 1. The summed E-state index contributed by atoms with van der Waals surface area (Å²) in [5.74, 6) is -0.104. The van der Waals surface area contributed by atoms with Gasteiger partial charge in [-0.3, -0.25) is 9.59 Å². The minimum atomic E-state index is -0.341. The monoisotopic (exact) mass is 305 g/mol. The van der Waals surface area contributed by atoms with Gasteiger partial charge in [0.15, 0.2) is 0 Å². The lowest BCUT2D eigenvalue weighted by Gasteiger charge is -2.11. The van der Waals surface area contributed by atoms with E-state index >= 15 is 0 Å². The van der Waals surface area contributed by atoms with E-state index in [4.69, 9.17) is 4.74 Å². The van der Waals surface area contributed by atoms with Crippen LogP contribution in [0, 0.1) is 6.92 Å². The van der Waals surface area contributed by atoms with Crippen molar-refractivity contribution in [3.63, 3.8) is 0 Å². The fraction of sp³-hybridized carbons (Fsp3) is 0.214. The number of carbonyl (C=O) groups is 2. The minimum Gasteiger partial charge on any atom is -0.495 e. The standard InChI is InChI=1S/C14H15N3O3S/c1-8-16-11(7-21-8)14(19)17-10-6-9(13(18)15-2)4-5-12(10)20-3/h4-7H,1-3H3,(H,15,18)(H,17,19). The number of ether oxygens (including phenoxy) is 1. The maximum absolute atomic E-state index is 12.1. The summed E-state index contributed by atoms with van der Waals surface area (Å²) in [5.41, 5.74) is 1.20. The van der Waals surface area contributed by atoms with Crippen molar-refractivity contribution in [2.24, 2.45) is 0 Å². The second-order valence-corrected chi connectivity index (χ2v) is 5.26. The van der Waals surface area contributed by atoms with Crippen LogP contribution in [-0.2, 0) is 0 Å². The fourth-order valence-electron chi connectivity index (χ4n) is 1.75. The Morgan fingerprint density at radius 1 is 1.29 bits per heavy atom. The molecule has 2 N–H and O–H groups in total. The van der Waals surface area contributed by atoms with Gasteiger partial charge in [-0.05, 0) is 25.1 Å². The normalized spacial score (nSPS) is 10.0. The maximum atomic E-state index is 12.1. The number of methoxy groups -OCH3 is 1. The molecule has 0 fully saturated rings. The van der Waals surface area contributed by atoms with Crippen LogP contribution in [0.15, 0.2) is 23.6 Å². The lowest BCUT2D eigenvalue weighted by molar-refractivity contribution is 0.0961. The van der Waals surface area contributed by atoms with E-state index in [9.17, 15) is 9.59 Å². The molecule has 0 bridgehead atoms. The van der Waals surface area contributed by atoms with E-state index in [1.165, 1.54) is 18.4 Å². The molecule has 7 heteroatoms. The third-order valence-corrected chi connectivity index (χ3v) is 3.56. The van der Waals surface area contributed by atoms with Crippen LogP contribution in [0.5, 0.6) is 5.75 Å². The third-order valence-electron chi connectivity index (χ3n) is 2.79. The highest BCUT2D eigenvalue weighted by molar-refractivity contribution is 7.09. The van der Waals surface area contributed by atoms with Crippen LogP contribution < -0.4 is 15.4 Å². The van der Waals surface area contributed by atoms with E-state index in [0.717, 1.165) is 5.01 Å². The first-order chi connectivity index (χ1) is 10.0. The van der Waals surface area contributed by atoms with Crippen molar-refractivity contribution < 1.29 is 14.3 Å². The number of nitrogens with one attached hydrogen (secondary N) is 2. The first-order valence-corrected chi connectivity index (χ1v) is 7.06. The molecule has 21 heavy (non-hydrogen) atoms. The Balaban J connectivity index is 2.29. The topological polar surface area (TPSA) is 80.3 Å². The molecule has 0 aliphatic carbocycles. The molecule has 2 rings (SSSR count). The van der Waals surface area contributed by atoms with Gasteiger partial charge in [-0.1, -0.05) is 0 Å². The molecular formula is C14H15N3O3S. The predicted molar refractivity (Wildman–Crippen MR) is 81.2 cm³/mol. The fourth-order valence-corrected chi connectivity index (χ4v) is 2.34. The molecule has 0 saturated carbocycles. The number of carbonyl (C=O) groups excluding carboxylic acids is 2. The Labute approximate surface area is 126 Å². The van der Waals surface area contributed by atoms with Gasteiger partial charge >= 0.3 is 0 Å². The summed E-state index contributed by atoms with van der Waals surface area (Å²) in [6.07, 6.45) is 0. The lowest BCUT2D eigenvalue weighted by Crippen LogP contribution is -2.19. The molecule has 0 atom stereocenters. The Morgan fingerprint density at radius 3 is 2.62 bits per heavy atom. The molecular weight excluding hydrogens is 290 g/mol. The van der Waals surface area contributed by atoms with E-state index in [1.54, 1.807) is 30.6 Å². The molecule has 1 aromatic heterocycles.